The summed E-state index contributed by atoms with van der Waals surface area (Å²) in [6.45, 7) is 14.2. The molecule has 1 aliphatic rings. The van der Waals surface area contributed by atoms with Gasteiger partial charge < -0.3 is 35.6 Å². The third-order valence-electron chi connectivity index (χ3n) is 6.37. The maximum atomic E-state index is 12.2. The van der Waals surface area contributed by atoms with E-state index >= 15 is 0 Å². The molecule has 40 heavy (non-hydrogen) atoms. The zero-order chi connectivity index (χ0) is 28.6. The standard InChI is InChI=1S/C29H34N8O3/c1-5-27(39)32-25-15-21(37-13-11-36(6-2)12-14-37)7-9-23(25)34-29-31-18-20(17-30)28(35-29)33-24-10-8-22(38)16-26(24)40-19(3)4/h5,7-10,15-16,18-19,38H,1,6,11-14H2,2-4H3,(H,32,39)(H2,31,33,34,35). The zero-order valence-electron chi connectivity index (χ0n) is 22.9. The fourth-order valence-electron chi connectivity index (χ4n) is 4.28. The quantitative estimate of drug-likeness (QED) is 0.212. The van der Waals surface area contributed by atoms with Crippen molar-refractivity contribution in [2.45, 2.75) is 26.9 Å². The van der Waals surface area contributed by atoms with E-state index in [2.05, 4.69) is 55.3 Å². The van der Waals surface area contributed by atoms with E-state index in [4.69, 9.17) is 4.74 Å². The molecule has 0 radical (unpaired) electrons. The van der Waals surface area contributed by atoms with Crippen LogP contribution in [0.15, 0.2) is 55.3 Å². The number of hydrogen-bond acceptors (Lipinski definition) is 10. The fraction of sp³-hybridized carbons (Fsp3) is 0.310. The number of phenolic OH excluding ortho intramolecular Hbond substituents is 1. The largest absolute Gasteiger partial charge is 0.508 e. The van der Waals surface area contributed by atoms with Crippen molar-refractivity contribution in [3.63, 3.8) is 0 Å². The molecule has 1 aromatic heterocycles. The van der Waals surface area contributed by atoms with Gasteiger partial charge in [0.2, 0.25) is 11.9 Å². The number of phenols is 1. The smallest absolute Gasteiger partial charge is 0.247 e. The molecule has 1 aliphatic heterocycles. The first-order chi connectivity index (χ1) is 19.3. The number of nitrogens with one attached hydrogen (secondary N) is 3. The average Bonchev–Trinajstić information content (AvgIpc) is 2.95. The number of nitriles is 1. The lowest BCUT2D eigenvalue weighted by Gasteiger charge is -2.35. The second-order valence-corrected chi connectivity index (χ2v) is 9.51. The minimum Gasteiger partial charge on any atom is -0.508 e. The summed E-state index contributed by atoms with van der Waals surface area (Å²) in [6, 6.07) is 12.5. The van der Waals surface area contributed by atoms with Gasteiger partial charge in [0, 0.05) is 37.9 Å². The van der Waals surface area contributed by atoms with Gasteiger partial charge in [0.25, 0.3) is 0 Å². The fourth-order valence-corrected chi connectivity index (χ4v) is 4.28. The van der Waals surface area contributed by atoms with Crippen LogP contribution in [0, 0.1) is 11.3 Å². The minimum absolute atomic E-state index is 0.0524. The summed E-state index contributed by atoms with van der Waals surface area (Å²) in [5, 5.41) is 28.7. The number of carbonyl (C=O) groups is 1. The van der Waals surface area contributed by atoms with Gasteiger partial charge in [-0.15, -0.1) is 0 Å². The van der Waals surface area contributed by atoms with Crippen LogP contribution in [0.25, 0.3) is 0 Å². The number of rotatable bonds is 10. The first kappa shape index (κ1) is 28.2. The maximum absolute atomic E-state index is 12.2. The van der Waals surface area contributed by atoms with Gasteiger partial charge in [0.15, 0.2) is 5.82 Å². The molecule has 3 aromatic rings. The van der Waals surface area contributed by atoms with E-state index < -0.39 is 0 Å². The lowest BCUT2D eigenvalue weighted by atomic mass is 10.2. The molecule has 4 N–H and O–H groups in total. The molecule has 0 saturated carbocycles. The molecule has 2 aromatic carbocycles. The molecular weight excluding hydrogens is 508 g/mol. The number of nitrogens with zero attached hydrogens (tertiary/aromatic N) is 5. The SMILES string of the molecule is C=CC(=O)Nc1cc(N2CCN(CC)CC2)ccc1Nc1ncc(C#N)c(Nc2ccc(O)cc2OC(C)C)n1. The van der Waals surface area contributed by atoms with Gasteiger partial charge in [-0.05, 0) is 56.8 Å². The summed E-state index contributed by atoms with van der Waals surface area (Å²) in [6.07, 6.45) is 2.48. The Hall–Kier alpha value is -4.82. The van der Waals surface area contributed by atoms with Crippen LogP contribution in [-0.2, 0) is 4.79 Å². The number of carbonyl (C=O) groups excluding carboxylic acids is 1. The van der Waals surface area contributed by atoms with Gasteiger partial charge in [-0.25, -0.2) is 4.98 Å². The lowest BCUT2D eigenvalue weighted by Crippen LogP contribution is -2.46. The number of likely N-dealkylation sites (N-methyl/N-ethyl adjacent to an activating group) is 1. The summed E-state index contributed by atoms with van der Waals surface area (Å²) in [4.78, 5) is 25.8. The van der Waals surface area contributed by atoms with Crippen LogP contribution < -0.4 is 25.6 Å². The summed E-state index contributed by atoms with van der Waals surface area (Å²) >= 11 is 0. The van der Waals surface area contributed by atoms with E-state index in [0.29, 0.717) is 22.8 Å². The lowest BCUT2D eigenvalue weighted by molar-refractivity contribution is -0.111. The van der Waals surface area contributed by atoms with Gasteiger partial charge in [0.05, 0.1) is 29.4 Å². The highest BCUT2D eigenvalue weighted by molar-refractivity contribution is 6.02. The Labute approximate surface area is 234 Å². The third-order valence-corrected chi connectivity index (χ3v) is 6.37. The van der Waals surface area contributed by atoms with Crippen LogP contribution in [0.3, 0.4) is 0 Å². The van der Waals surface area contributed by atoms with Crippen LogP contribution >= 0.6 is 0 Å². The van der Waals surface area contributed by atoms with E-state index in [9.17, 15) is 15.2 Å². The van der Waals surface area contributed by atoms with Crippen molar-refractivity contribution in [3.8, 4) is 17.6 Å². The number of amides is 1. The van der Waals surface area contributed by atoms with Gasteiger partial charge in [0.1, 0.15) is 23.1 Å². The number of anilines is 6. The monoisotopic (exact) mass is 542 g/mol. The number of benzene rings is 2. The number of hydrogen-bond donors (Lipinski definition) is 4. The molecule has 1 fully saturated rings. The van der Waals surface area contributed by atoms with Gasteiger partial charge >= 0.3 is 0 Å². The molecule has 0 spiro atoms. The van der Waals surface area contributed by atoms with Gasteiger partial charge in [-0.2, -0.15) is 10.2 Å². The molecule has 11 nitrogen and oxygen atoms in total. The molecule has 0 unspecified atom stereocenters. The van der Waals surface area contributed by atoms with E-state index in [-0.39, 0.29) is 35.1 Å². The number of aromatic nitrogens is 2. The summed E-state index contributed by atoms with van der Waals surface area (Å²) in [5.74, 6) is 0.587. The molecule has 0 aliphatic carbocycles. The van der Waals surface area contributed by atoms with Crippen molar-refractivity contribution in [1.29, 1.82) is 5.26 Å². The Morgan fingerprint density at radius 2 is 1.90 bits per heavy atom. The highest BCUT2D eigenvalue weighted by atomic mass is 16.5. The molecule has 0 atom stereocenters. The Kier molecular flexibility index (Phi) is 9.04. The molecule has 4 rings (SSSR count). The highest BCUT2D eigenvalue weighted by Gasteiger charge is 2.18. The van der Waals surface area contributed by atoms with E-state index in [1.54, 1.807) is 6.07 Å². The topological polar surface area (TPSA) is 139 Å². The predicted octanol–water partition coefficient (Wildman–Crippen LogP) is 4.59. The Morgan fingerprint density at radius 1 is 1.15 bits per heavy atom. The van der Waals surface area contributed by atoms with Crippen molar-refractivity contribution in [1.82, 2.24) is 14.9 Å². The predicted molar refractivity (Wildman–Crippen MR) is 157 cm³/mol. The van der Waals surface area contributed by atoms with E-state index in [1.807, 2.05) is 32.0 Å². The Morgan fingerprint density at radius 3 is 2.58 bits per heavy atom. The highest BCUT2D eigenvalue weighted by Crippen LogP contribution is 2.34. The van der Waals surface area contributed by atoms with E-state index in [0.717, 1.165) is 38.4 Å². The summed E-state index contributed by atoms with van der Waals surface area (Å²) in [5.41, 5.74) is 2.87. The third kappa shape index (κ3) is 6.98. The van der Waals surface area contributed by atoms with Crippen molar-refractivity contribution < 1.29 is 14.6 Å². The van der Waals surface area contributed by atoms with Crippen LogP contribution in [0.2, 0.25) is 0 Å². The first-order valence-electron chi connectivity index (χ1n) is 13.1. The second kappa shape index (κ2) is 12.8. The van der Waals surface area contributed by atoms with Crippen LogP contribution in [-0.4, -0.2) is 64.7 Å². The first-order valence-corrected chi connectivity index (χ1v) is 13.1. The number of piperazine rings is 1. The van der Waals surface area contributed by atoms with Crippen molar-refractivity contribution >= 4 is 40.4 Å². The summed E-state index contributed by atoms with van der Waals surface area (Å²) in [7, 11) is 0. The van der Waals surface area contributed by atoms with Gasteiger partial charge in [-0.1, -0.05) is 13.5 Å². The molecule has 11 heteroatoms. The van der Waals surface area contributed by atoms with Crippen molar-refractivity contribution in [2.24, 2.45) is 0 Å². The van der Waals surface area contributed by atoms with Crippen molar-refractivity contribution in [3.05, 3.63) is 60.8 Å². The molecule has 208 valence electrons. The minimum atomic E-state index is -0.343. The average molecular weight is 543 g/mol. The van der Waals surface area contributed by atoms with E-state index in [1.165, 1.54) is 24.4 Å². The molecule has 1 saturated heterocycles. The molecule has 1 amide bonds. The normalized spacial score (nSPS) is 13.4. The molecular formula is C29H34N8O3. The van der Waals surface area contributed by atoms with Crippen LogP contribution in [0.1, 0.15) is 26.3 Å². The van der Waals surface area contributed by atoms with Crippen LogP contribution in [0.4, 0.5) is 34.5 Å². The number of aromatic hydroxyl groups is 1. The van der Waals surface area contributed by atoms with Gasteiger partial charge in [-0.3, -0.25) is 4.79 Å². The number of ether oxygens (including phenoxy) is 1. The molecule has 2 heterocycles. The second-order valence-electron chi connectivity index (χ2n) is 9.51. The maximum Gasteiger partial charge on any atom is 0.247 e. The Bertz CT molecular complexity index is 1410. The zero-order valence-corrected chi connectivity index (χ0v) is 22.9. The van der Waals surface area contributed by atoms with Crippen molar-refractivity contribution in [2.75, 3.05) is 53.6 Å². The molecule has 0 bridgehead atoms. The van der Waals surface area contributed by atoms with Crippen LogP contribution in [0.5, 0.6) is 11.5 Å². The Balaban J connectivity index is 1.62. The summed E-state index contributed by atoms with van der Waals surface area (Å²) < 4.78 is 5.82.